The van der Waals surface area contributed by atoms with Crippen molar-refractivity contribution in [2.75, 3.05) is 19.0 Å². The number of rotatable bonds is 3. The predicted molar refractivity (Wildman–Crippen MR) is 55.6 cm³/mol. The molecule has 0 radical (unpaired) electrons. The van der Waals surface area contributed by atoms with Crippen LogP contribution < -0.4 is 11.0 Å². The summed E-state index contributed by atoms with van der Waals surface area (Å²) < 4.78 is 17.1. The standard InChI is InChI=1S/C9H14NO2P/c1-3-12-13(2,11)9-7-5-4-6-8(9)10/h4-7H,3,10H2,1-2H3. The number of benzene rings is 1. The maximum Gasteiger partial charge on any atom is 0.231 e. The number of para-hydroxylation sites is 1. The van der Waals surface area contributed by atoms with Gasteiger partial charge in [-0.15, -0.1) is 0 Å². The van der Waals surface area contributed by atoms with Crippen molar-refractivity contribution < 1.29 is 9.09 Å². The van der Waals surface area contributed by atoms with E-state index in [9.17, 15) is 4.57 Å². The van der Waals surface area contributed by atoms with E-state index in [2.05, 4.69) is 0 Å². The molecule has 1 rings (SSSR count). The van der Waals surface area contributed by atoms with Gasteiger partial charge in [0.1, 0.15) is 0 Å². The van der Waals surface area contributed by atoms with Crippen LogP contribution in [0.3, 0.4) is 0 Å². The van der Waals surface area contributed by atoms with Crippen molar-refractivity contribution in [1.82, 2.24) is 0 Å². The third kappa shape index (κ3) is 2.33. The molecule has 4 heteroatoms. The lowest BCUT2D eigenvalue weighted by atomic mass is 10.3. The minimum Gasteiger partial charge on any atom is -0.398 e. The van der Waals surface area contributed by atoms with Crippen molar-refractivity contribution in [3.05, 3.63) is 24.3 Å². The van der Waals surface area contributed by atoms with Crippen molar-refractivity contribution in [1.29, 1.82) is 0 Å². The van der Waals surface area contributed by atoms with Gasteiger partial charge in [-0.3, -0.25) is 4.57 Å². The van der Waals surface area contributed by atoms with Gasteiger partial charge in [0.15, 0.2) is 0 Å². The average molecular weight is 199 g/mol. The Hall–Kier alpha value is -0.790. The molecule has 0 heterocycles. The number of hydrogen-bond acceptors (Lipinski definition) is 3. The second-order valence-corrected chi connectivity index (χ2v) is 5.25. The molecule has 0 spiro atoms. The Labute approximate surface area is 78.4 Å². The second-order valence-electron chi connectivity index (χ2n) is 2.82. The van der Waals surface area contributed by atoms with Gasteiger partial charge in [-0.05, 0) is 19.1 Å². The summed E-state index contributed by atoms with van der Waals surface area (Å²) in [6.07, 6.45) is 0. The van der Waals surface area contributed by atoms with Crippen LogP contribution in [0.15, 0.2) is 24.3 Å². The monoisotopic (exact) mass is 199 g/mol. The van der Waals surface area contributed by atoms with E-state index in [1.807, 2.05) is 13.0 Å². The van der Waals surface area contributed by atoms with E-state index in [1.165, 1.54) is 0 Å². The number of nitrogen functional groups attached to an aromatic ring is 1. The Morgan fingerprint density at radius 1 is 1.46 bits per heavy atom. The van der Waals surface area contributed by atoms with E-state index in [0.717, 1.165) is 0 Å². The van der Waals surface area contributed by atoms with Crippen LogP contribution in [-0.4, -0.2) is 13.3 Å². The first-order chi connectivity index (χ1) is 6.08. The number of anilines is 1. The minimum atomic E-state index is -2.71. The van der Waals surface area contributed by atoms with E-state index in [0.29, 0.717) is 17.6 Å². The molecular weight excluding hydrogens is 185 g/mol. The lowest BCUT2D eigenvalue weighted by Gasteiger charge is -2.14. The molecule has 0 aliphatic heterocycles. The van der Waals surface area contributed by atoms with E-state index in [4.69, 9.17) is 10.3 Å². The zero-order chi connectivity index (χ0) is 9.90. The van der Waals surface area contributed by atoms with Crippen molar-refractivity contribution in [2.24, 2.45) is 0 Å². The van der Waals surface area contributed by atoms with E-state index >= 15 is 0 Å². The minimum absolute atomic E-state index is 0.433. The Morgan fingerprint density at radius 3 is 2.62 bits per heavy atom. The van der Waals surface area contributed by atoms with Crippen LogP contribution in [0.5, 0.6) is 0 Å². The molecule has 13 heavy (non-hydrogen) atoms. The summed E-state index contributed by atoms with van der Waals surface area (Å²) >= 11 is 0. The Balaban J connectivity index is 3.07. The molecule has 1 unspecified atom stereocenters. The molecule has 1 aromatic rings. The maximum atomic E-state index is 11.9. The van der Waals surface area contributed by atoms with Crippen molar-refractivity contribution in [2.45, 2.75) is 6.92 Å². The summed E-state index contributed by atoms with van der Waals surface area (Å²) in [5.41, 5.74) is 6.21. The van der Waals surface area contributed by atoms with Crippen LogP contribution >= 0.6 is 7.37 Å². The molecule has 3 nitrogen and oxygen atoms in total. The highest BCUT2D eigenvalue weighted by atomic mass is 31.2. The first-order valence-electron chi connectivity index (χ1n) is 4.15. The fourth-order valence-electron chi connectivity index (χ4n) is 1.17. The second kappa shape index (κ2) is 3.95. The highest BCUT2D eigenvalue weighted by molar-refractivity contribution is 7.66. The normalized spacial score (nSPS) is 15.2. The third-order valence-electron chi connectivity index (χ3n) is 1.75. The topological polar surface area (TPSA) is 52.3 Å². The molecule has 0 saturated heterocycles. The maximum absolute atomic E-state index is 11.9. The van der Waals surface area contributed by atoms with Crippen molar-refractivity contribution in [3.63, 3.8) is 0 Å². The van der Waals surface area contributed by atoms with Crippen LogP contribution in [0.4, 0.5) is 5.69 Å². The van der Waals surface area contributed by atoms with Gasteiger partial charge in [0, 0.05) is 12.4 Å². The van der Waals surface area contributed by atoms with Gasteiger partial charge in [0.25, 0.3) is 0 Å². The third-order valence-corrected chi connectivity index (χ3v) is 3.78. The molecule has 1 aromatic carbocycles. The van der Waals surface area contributed by atoms with Gasteiger partial charge < -0.3 is 10.3 Å². The molecule has 0 aromatic heterocycles. The molecule has 1 atom stereocenters. The summed E-state index contributed by atoms with van der Waals surface area (Å²) in [6, 6.07) is 7.09. The lowest BCUT2D eigenvalue weighted by Crippen LogP contribution is -2.11. The molecule has 0 aliphatic rings. The van der Waals surface area contributed by atoms with Gasteiger partial charge in [-0.25, -0.2) is 0 Å². The summed E-state index contributed by atoms with van der Waals surface area (Å²) in [7, 11) is -2.71. The van der Waals surface area contributed by atoms with E-state index < -0.39 is 7.37 Å². The lowest BCUT2D eigenvalue weighted by molar-refractivity contribution is 0.345. The van der Waals surface area contributed by atoms with Crippen molar-refractivity contribution >= 4 is 18.4 Å². The average Bonchev–Trinajstić information content (AvgIpc) is 2.04. The van der Waals surface area contributed by atoms with E-state index in [1.54, 1.807) is 24.9 Å². The summed E-state index contributed by atoms with van der Waals surface area (Å²) in [5.74, 6) is 0. The van der Waals surface area contributed by atoms with Crippen LogP contribution in [-0.2, 0) is 9.09 Å². The molecule has 0 fully saturated rings. The number of hydrogen-bond donors (Lipinski definition) is 1. The summed E-state index contributed by atoms with van der Waals surface area (Å²) in [4.78, 5) is 0. The molecule has 0 amide bonds. The Morgan fingerprint density at radius 2 is 2.08 bits per heavy atom. The molecule has 0 saturated carbocycles. The van der Waals surface area contributed by atoms with Crippen LogP contribution in [0.1, 0.15) is 6.92 Å². The number of nitrogens with two attached hydrogens (primary N) is 1. The highest BCUT2D eigenvalue weighted by Gasteiger charge is 2.20. The van der Waals surface area contributed by atoms with Crippen LogP contribution in [0, 0.1) is 0 Å². The molecule has 2 N–H and O–H groups in total. The van der Waals surface area contributed by atoms with Gasteiger partial charge >= 0.3 is 0 Å². The Kier molecular flexibility index (Phi) is 3.12. The summed E-state index contributed by atoms with van der Waals surface area (Å²) in [6.45, 7) is 3.83. The zero-order valence-corrected chi connectivity index (χ0v) is 8.75. The van der Waals surface area contributed by atoms with Gasteiger partial charge in [-0.1, -0.05) is 12.1 Å². The smallest absolute Gasteiger partial charge is 0.231 e. The summed E-state index contributed by atoms with van der Waals surface area (Å²) in [5, 5.41) is 0.608. The SMILES string of the molecule is CCOP(C)(=O)c1ccccc1N. The van der Waals surface area contributed by atoms with Gasteiger partial charge in [-0.2, -0.15) is 0 Å². The molecule has 72 valence electrons. The van der Waals surface area contributed by atoms with Gasteiger partial charge in [0.05, 0.1) is 11.9 Å². The first kappa shape index (κ1) is 10.3. The fraction of sp³-hybridized carbons (Fsp3) is 0.333. The quantitative estimate of drug-likeness (QED) is 0.597. The van der Waals surface area contributed by atoms with E-state index in [-0.39, 0.29) is 0 Å². The highest BCUT2D eigenvalue weighted by Crippen LogP contribution is 2.42. The molecule has 0 aliphatic carbocycles. The molecule has 0 bridgehead atoms. The fourth-order valence-corrected chi connectivity index (χ4v) is 2.71. The van der Waals surface area contributed by atoms with Crippen molar-refractivity contribution in [3.8, 4) is 0 Å². The van der Waals surface area contributed by atoms with Crippen LogP contribution in [0.25, 0.3) is 0 Å². The van der Waals surface area contributed by atoms with Crippen LogP contribution in [0.2, 0.25) is 0 Å². The predicted octanol–water partition coefficient (Wildman–Crippen LogP) is 1.84. The zero-order valence-electron chi connectivity index (χ0n) is 7.86. The first-order valence-corrected chi connectivity index (χ1v) is 6.22. The Bertz CT molecular complexity index is 338. The largest absolute Gasteiger partial charge is 0.398 e. The molecular formula is C9H14NO2P. The van der Waals surface area contributed by atoms with Gasteiger partial charge in [0.2, 0.25) is 7.37 Å².